The summed E-state index contributed by atoms with van der Waals surface area (Å²) >= 11 is 0. The van der Waals surface area contributed by atoms with Crippen molar-refractivity contribution in [2.45, 2.75) is 31.4 Å². The SMILES string of the molecule is NC1CCCc2cc(-c3nc(C4COc5ccccc5O4)no3)ccc21. The highest BCUT2D eigenvalue weighted by atomic mass is 16.6. The number of hydrogen-bond donors (Lipinski definition) is 1. The van der Waals surface area contributed by atoms with Gasteiger partial charge in [0, 0.05) is 11.6 Å². The molecule has 26 heavy (non-hydrogen) atoms. The maximum Gasteiger partial charge on any atom is 0.258 e. The number of nitrogens with zero attached hydrogens (tertiary/aromatic N) is 2. The Labute approximate surface area is 150 Å². The van der Waals surface area contributed by atoms with Crippen LogP contribution in [0.25, 0.3) is 11.5 Å². The Hall–Kier alpha value is -2.86. The third-order valence-corrected chi connectivity index (χ3v) is 4.99. The molecule has 0 radical (unpaired) electrons. The molecule has 2 unspecified atom stereocenters. The third kappa shape index (κ3) is 2.63. The van der Waals surface area contributed by atoms with Crippen molar-refractivity contribution in [2.75, 3.05) is 6.61 Å². The quantitative estimate of drug-likeness (QED) is 0.761. The molecule has 1 aliphatic carbocycles. The topological polar surface area (TPSA) is 83.4 Å². The van der Waals surface area contributed by atoms with Crippen LogP contribution in [0.15, 0.2) is 47.0 Å². The van der Waals surface area contributed by atoms with E-state index < -0.39 is 0 Å². The van der Waals surface area contributed by atoms with Gasteiger partial charge >= 0.3 is 0 Å². The average Bonchev–Trinajstić information content (AvgIpc) is 3.18. The van der Waals surface area contributed by atoms with Gasteiger partial charge in [-0.1, -0.05) is 23.4 Å². The smallest absolute Gasteiger partial charge is 0.258 e. The van der Waals surface area contributed by atoms with Gasteiger partial charge in [0.2, 0.25) is 5.82 Å². The van der Waals surface area contributed by atoms with Crippen molar-refractivity contribution in [3.63, 3.8) is 0 Å². The van der Waals surface area contributed by atoms with Gasteiger partial charge in [0.1, 0.15) is 6.61 Å². The Morgan fingerprint density at radius 2 is 1.96 bits per heavy atom. The molecule has 6 nitrogen and oxygen atoms in total. The molecule has 2 atom stereocenters. The van der Waals surface area contributed by atoms with Crippen LogP contribution in [0.3, 0.4) is 0 Å². The van der Waals surface area contributed by atoms with Crippen LogP contribution in [0.1, 0.15) is 41.9 Å². The van der Waals surface area contributed by atoms with E-state index >= 15 is 0 Å². The van der Waals surface area contributed by atoms with E-state index in [0.717, 1.165) is 30.6 Å². The van der Waals surface area contributed by atoms with E-state index in [1.165, 1.54) is 11.1 Å². The van der Waals surface area contributed by atoms with E-state index in [4.69, 9.17) is 19.7 Å². The number of benzene rings is 2. The highest BCUT2D eigenvalue weighted by molar-refractivity contribution is 5.56. The first-order valence-electron chi connectivity index (χ1n) is 8.89. The summed E-state index contributed by atoms with van der Waals surface area (Å²) in [7, 11) is 0. The van der Waals surface area contributed by atoms with Crippen molar-refractivity contribution in [2.24, 2.45) is 5.73 Å². The van der Waals surface area contributed by atoms with E-state index in [2.05, 4.69) is 22.3 Å². The van der Waals surface area contributed by atoms with Crippen LogP contribution < -0.4 is 15.2 Å². The molecular weight excluding hydrogens is 330 g/mol. The van der Waals surface area contributed by atoms with E-state index in [9.17, 15) is 0 Å². The largest absolute Gasteiger partial charge is 0.485 e. The number of rotatable bonds is 2. The van der Waals surface area contributed by atoms with Gasteiger partial charge in [0.25, 0.3) is 5.89 Å². The highest BCUT2D eigenvalue weighted by Gasteiger charge is 2.27. The van der Waals surface area contributed by atoms with E-state index in [1.807, 2.05) is 30.3 Å². The molecule has 2 aromatic carbocycles. The van der Waals surface area contributed by atoms with Crippen LogP contribution in [0.4, 0.5) is 0 Å². The second kappa shape index (κ2) is 6.14. The van der Waals surface area contributed by atoms with Crippen molar-refractivity contribution in [3.05, 3.63) is 59.4 Å². The van der Waals surface area contributed by atoms with Gasteiger partial charge in [-0.2, -0.15) is 4.98 Å². The lowest BCUT2D eigenvalue weighted by atomic mass is 9.87. The molecule has 5 rings (SSSR count). The molecule has 1 aromatic heterocycles. The second-order valence-corrected chi connectivity index (χ2v) is 6.73. The highest BCUT2D eigenvalue weighted by Crippen LogP contribution is 2.36. The predicted molar refractivity (Wildman–Crippen MR) is 94.9 cm³/mol. The number of para-hydroxylation sites is 2. The van der Waals surface area contributed by atoms with Gasteiger partial charge in [-0.25, -0.2) is 0 Å². The summed E-state index contributed by atoms with van der Waals surface area (Å²) in [6.07, 6.45) is 2.80. The van der Waals surface area contributed by atoms with Gasteiger partial charge < -0.3 is 19.7 Å². The minimum Gasteiger partial charge on any atom is -0.485 e. The first-order valence-corrected chi connectivity index (χ1v) is 8.89. The lowest BCUT2D eigenvalue weighted by molar-refractivity contribution is 0.0832. The van der Waals surface area contributed by atoms with Crippen molar-refractivity contribution in [1.82, 2.24) is 10.1 Å². The molecule has 0 fully saturated rings. The number of hydrogen-bond acceptors (Lipinski definition) is 6. The summed E-state index contributed by atoms with van der Waals surface area (Å²) in [5, 5.41) is 4.10. The van der Waals surface area contributed by atoms with Crippen molar-refractivity contribution >= 4 is 0 Å². The first-order chi connectivity index (χ1) is 12.8. The molecule has 0 bridgehead atoms. The summed E-state index contributed by atoms with van der Waals surface area (Å²) in [5.74, 6) is 2.41. The summed E-state index contributed by atoms with van der Waals surface area (Å²) in [5.41, 5.74) is 9.60. The molecule has 3 aromatic rings. The Morgan fingerprint density at radius 3 is 2.88 bits per heavy atom. The fourth-order valence-corrected chi connectivity index (χ4v) is 3.61. The second-order valence-electron chi connectivity index (χ2n) is 6.73. The zero-order valence-electron chi connectivity index (χ0n) is 14.2. The Morgan fingerprint density at radius 1 is 1.08 bits per heavy atom. The molecular formula is C20H19N3O3. The maximum atomic E-state index is 6.19. The van der Waals surface area contributed by atoms with Crippen LogP contribution >= 0.6 is 0 Å². The monoisotopic (exact) mass is 349 g/mol. The molecule has 2 heterocycles. The lowest BCUT2D eigenvalue weighted by Crippen LogP contribution is -2.22. The summed E-state index contributed by atoms with van der Waals surface area (Å²) in [4.78, 5) is 4.53. The fourth-order valence-electron chi connectivity index (χ4n) is 3.61. The van der Waals surface area contributed by atoms with Gasteiger partial charge in [-0.3, -0.25) is 0 Å². The molecule has 132 valence electrons. The van der Waals surface area contributed by atoms with Crippen LogP contribution in [-0.2, 0) is 6.42 Å². The molecule has 2 N–H and O–H groups in total. The van der Waals surface area contributed by atoms with E-state index in [0.29, 0.717) is 24.1 Å². The third-order valence-electron chi connectivity index (χ3n) is 4.99. The van der Waals surface area contributed by atoms with Crippen molar-refractivity contribution in [3.8, 4) is 23.0 Å². The molecule has 6 heteroatoms. The number of aromatic nitrogens is 2. The van der Waals surface area contributed by atoms with Gasteiger partial charge in [0.05, 0.1) is 0 Å². The van der Waals surface area contributed by atoms with Crippen molar-refractivity contribution in [1.29, 1.82) is 0 Å². The zero-order valence-corrected chi connectivity index (χ0v) is 14.2. The summed E-state index contributed by atoms with van der Waals surface area (Å²) in [6, 6.07) is 13.9. The normalized spacial score (nSPS) is 21.3. The molecule has 2 aliphatic rings. The van der Waals surface area contributed by atoms with Crippen LogP contribution in [0.2, 0.25) is 0 Å². The van der Waals surface area contributed by atoms with Crippen molar-refractivity contribution < 1.29 is 14.0 Å². The lowest BCUT2D eigenvalue weighted by Gasteiger charge is -2.24. The molecule has 0 saturated carbocycles. The maximum absolute atomic E-state index is 6.19. The standard InChI is InChI=1S/C20H19N3O3/c21-15-5-3-4-12-10-13(8-9-14(12)15)20-22-19(23-26-20)18-11-24-16-6-1-2-7-17(16)25-18/h1-2,6-10,15,18H,3-5,11,21H2. The van der Waals surface area contributed by atoms with Crippen LogP contribution in [0, 0.1) is 0 Å². The average molecular weight is 349 g/mol. The number of ether oxygens (including phenoxy) is 2. The fraction of sp³-hybridized carbons (Fsp3) is 0.300. The zero-order chi connectivity index (χ0) is 17.5. The minimum atomic E-state index is -0.381. The Balaban J connectivity index is 1.41. The Kier molecular flexibility index (Phi) is 3.64. The predicted octanol–water partition coefficient (Wildman–Crippen LogP) is 3.59. The van der Waals surface area contributed by atoms with E-state index in [1.54, 1.807) is 0 Å². The minimum absolute atomic E-state index is 0.124. The molecule has 0 spiro atoms. The summed E-state index contributed by atoms with van der Waals surface area (Å²) < 4.78 is 17.2. The Bertz CT molecular complexity index is 953. The number of nitrogens with two attached hydrogens (primary N) is 1. The molecule has 1 aliphatic heterocycles. The number of aryl methyl sites for hydroxylation is 1. The summed E-state index contributed by atoms with van der Waals surface area (Å²) in [6.45, 7) is 0.356. The van der Waals surface area contributed by atoms with Crippen LogP contribution in [0.5, 0.6) is 11.5 Å². The van der Waals surface area contributed by atoms with Gasteiger partial charge in [-0.05, 0) is 54.7 Å². The van der Waals surface area contributed by atoms with Crippen LogP contribution in [-0.4, -0.2) is 16.7 Å². The molecule has 0 amide bonds. The van der Waals surface area contributed by atoms with Gasteiger partial charge in [0.15, 0.2) is 17.6 Å². The van der Waals surface area contributed by atoms with Gasteiger partial charge in [-0.15, -0.1) is 0 Å². The molecule has 0 saturated heterocycles. The number of fused-ring (bicyclic) bond motifs is 2. The first kappa shape index (κ1) is 15.4. The van der Waals surface area contributed by atoms with E-state index in [-0.39, 0.29) is 12.1 Å².